The van der Waals surface area contributed by atoms with Crippen LogP contribution in [0.1, 0.15) is 22.3 Å². The highest BCUT2D eigenvalue weighted by molar-refractivity contribution is 9.18. The van der Waals surface area contributed by atoms with Crippen LogP contribution in [0.2, 0.25) is 0 Å². The van der Waals surface area contributed by atoms with E-state index in [0.29, 0.717) is 23.0 Å². The van der Waals surface area contributed by atoms with Crippen LogP contribution in [0, 0.1) is 0 Å². The lowest BCUT2D eigenvalue weighted by Crippen LogP contribution is -2.50. The Morgan fingerprint density at radius 3 is 2.37 bits per heavy atom. The standard InChI is InChI=1S/C20H20BrN3O3/c21-18-12-16(27-23-18)13-24(19(25)15-9-5-2-6-10-15)20(26)17(22)11-14-7-3-1-4-8-14/h1-10,16-17H,11-13,22H2/t16?,17-/m0/s1. The fraction of sp³-hybridized carbons (Fsp3) is 0.250. The number of nitrogens with zero attached hydrogens (tertiary/aromatic N) is 2. The molecule has 3 rings (SSSR count). The number of rotatable bonds is 6. The van der Waals surface area contributed by atoms with Crippen molar-refractivity contribution in [2.24, 2.45) is 10.9 Å². The van der Waals surface area contributed by atoms with Crippen LogP contribution in [-0.4, -0.2) is 40.0 Å². The van der Waals surface area contributed by atoms with Crippen LogP contribution in [0.15, 0.2) is 65.8 Å². The summed E-state index contributed by atoms with van der Waals surface area (Å²) in [6.45, 7) is 0.0909. The molecule has 1 unspecified atom stereocenters. The second-order valence-electron chi connectivity index (χ2n) is 6.32. The summed E-state index contributed by atoms with van der Waals surface area (Å²) < 4.78 is 0.653. The number of benzene rings is 2. The number of hydrogen-bond donors (Lipinski definition) is 1. The third kappa shape index (κ3) is 5.02. The van der Waals surface area contributed by atoms with Gasteiger partial charge in [0.1, 0.15) is 4.62 Å². The Morgan fingerprint density at radius 1 is 1.15 bits per heavy atom. The van der Waals surface area contributed by atoms with Crippen molar-refractivity contribution in [3.05, 3.63) is 71.8 Å². The van der Waals surface area contributed by atoms with E-state index >= 15 is 0 Å². The molecule has 1 aliphatic heterocycles. The van der Waals surface area contributed by atoms with Gasteiger partial charge in [-0.05, 0) is 40.0 Å². The van der Waals surface area contributed by atoms with Crippen LogP contribution in [0.5, 0.6) is 0 Å². The number of halogens is 1. The molecule has 0 radical (unpaired) electrons. The summed E-state index contributed by atoms with van der Waals surface area (Å²) >= 11 is 3.27. The van der Waals surface area contributed by atoms with Gasteiger partial charge in [0, 0.05) is 12.0 Å². The van der Waals surface area contributed by atoms with E-state index < -0.39 is 17.9 Å². The molecular weight excluding hydrogens is 410 g/mol. The Hall–Kier alpha value is -2.51. The van der Waals surface area contributed by atoms with Gasteiger partial charge in [-0.2, -0.15) is 0 Å². The number of carbonyl (C=O) groups excluding carboxylic acids is 2. The van der Waals surface area contributed by atoms with Crippen molar-refractivity contribution in [2.45, 2.75) is 25.0 Å². The minimum atomic E-state index is -0.828. The van der Waals surface area contributed by atoms with Crippen molar-refractivity contribution < 1.29 is 14.4 Å². The average molecular weight is 430 g/mol. The molecule has 2 amide bonds. The quantitative estimate of drug-likeness (QED) is 0.764. The van der Waals surface area contributed by atoms with Gasteiger partial charge in [-0.3, -0.25) is 14.5 Å². The Labute approximate surface area is 166 Å². The van der Waals surface area contributed by atoms with Gasteiger partial charge in [0.15, 0.2) is 6.10 Å². The van der Waals surface area contributed by atoms with Gasteiger partial charge in [-0.1, -0.05) is 53.7 Å². The smallest absolute Gasteiger partial charge is 0.260 e. The van der Waals surface area contributed by atoms with Gasteiger partial charge >= 0.3 is 0 Å². The van der Waals surface area contributed by atoms with Crippen LogP contribution in [0.4, 0.5) is 0 Å². The highest BCUT2D eigenvalue weighted by atomic mass is 79.9. The van der Waals surface area contributed by atoms with E-state index in [1.807, 2.05) is 36.4 Å². The summed E-state index contributed by atoms with van der Waals surface area (Å²) in [6.07, 6.45) is 0.462. The molecule has 7 heteroatoms. The van der Waals surface area contributed by atoms with Crippen molar-refractivity contribution in [2.75, 3.05) is 6.54 Å². The summed E-state index contributed by atoms with van der Waals surface area (Å²) in [4.78, 5) is 32.4. The highest BCUT2D eigenvalue weighted by Crippen LogP contribution is 2.18. The largest absolute Gasteiger partial charge is 0.389 e. The molecule has 0 saturated carbocycles. The van der Waals surface area contributed by atoms with Crippen LogP contribution >= 0.6 is 15.9 Å². The first-order valence-corrected chi connectivity index (χ1v) is 9.42. The van der Waals surface area contributed by atoms with Crippen LogP contribution in [0.25, 0.3) is 0 Å². The second kappa shape index (κ2) is 8.92. The molecule has 0 spiro atoms. The molecule has 140 valence electrons. The number of nitrogens with two attached hydrogens (primary N) is 1. The number of amides is 2. The maximum atomic E-state index is 13.0. The summed E-state index contributed by atoms with van der Waals surface area (Å²) in [6, 6.07) is 17.3. The predicted molar refractivity (Wildman–Crippen MR) is 106 cm³/mol. The monoisotopic (exact) mass is 429 g/mol. The Bertz CT molecular complexity index is 827. The minimum absolute atomic E-state index is 0.0909. The summed E-state index contributed by atoms with van der Waals surface area (Å²) in [5.41, 5.74) is 7.51. The molecule has 0 bridgehead atoms. The molecule has 1 aliphatic rings. The number of hydrogen-bond acceptors (Lipinski definition) is 5. The van der Waals surface area contributed by atoms with Crippen LogP contribution < -0.4 is 5.73 Å². The Balaban J connectivity index is 1.77. The lowest BCUT2D eigenvalue weighted by molar-refractivity contribution is -0.131. The normalized spacial score (nSPS) is 17.0. The van der Waals surface area contributed by atoms with Crippen molar-refractivity contribution in [1.29, 1.82) is 0 Å². The van der Waals surface area contributed by atoms with Crippen molar-refractivity contribution in [3.8, 4) is 0 Å². The fourth-order valence-corrected chi connectivity index (χ4v) is 3.31. The Kier molecular flexibility index (Phi) is 6.36. The number of carbonyl (C=O) groups is 2. The first-order valence-electron chi connectivity index (χ1n) is 8.63. The van der Waals surface area contributed by atoms with Gasteiger partial charge in [0.2, 0.25) is 5.91 Å². The van der Waals surface area contributed by atoms with Crippen LogP contribution in [0.3, 0.4) is 0 Å². The van der Waals surface area contributed by atoms with Gasteiger partial charge in [-0.25, -0.2) is 0 Å². The lowest BCUT2D eigenvalue weighted by atomic mass is 10.0. The molecule has 27 heavy (non-hydrogen) atoms. The molecule has 2 atom stereocenters. The molecule has 0 saturated heterocycles. The average Bonchev–Trinajstić information content (AvgIpc) is 3.11. The van der Waals surface area contributed by atoms with Gasteiger partial charge in [0.25, 0.3) is 5.91 Å². The zero-order valence-corrected chi connectivity index (χ0v) is 16.2. The molecule has 2 aromatic carbocycles. The van der Waals surface area contributed by atoms with Crippen molar-refractivity contribution in [1.82, 2.24) is 4.90 Å². The van der Waals surface area contributed by atoms with Crippen molar-refractivity contribution in [3.63, 3.8) is 0 Å². The molecule has 0 aromatic heterocycles. The first-order chi connectivity index (χ1) is 13.0. The molecule has 0 fully saturated rings. The lowest BCUT2D eigenvalue weighted by Gasteiger charge is -2.26. The predicted octanol–water partition coefficient (Wildman–Crippen LogP) is 2.72. The second-order valence-corrected chi connectivity index (χ2v) is 7.23. The zero-order chi connectivity index (χ0) is 19.2. The number of imide groups is 1. The third-order valence-corrected chi connectivity index (χ3v) is 4.70. The third-order valence-electron chi connectivity index (χ3n) is 4.23. The van der Waals surface area contributed by atoms with Gasteiger partial charge in [0.05, 0.1) is 12.6 Å². The van der Waals surface area contributed by atoms with E-state index in [1.54, 1.807) is 24.3 Å². The Morgan fingerprint density at radius 2 is 1.78 bits per heavy atom. The molecular formula is C20H20BrN3O3. The first kappa shape index (κ1) is 19.3. The molecule has 0 aliphatic carbocycles. The SMILES string of the molecule is N[C@@H](Cc1ccccc1)C(=O)N(CC1CC(Br)=NO1)C(=O)c1ccccc1. The topological polar surface area (TPSA) is 85.0 Å². The maximum Gasteiger partial charge on any atom is 0.260 e. The van der Waals surface area contributed by atoms with E-state index in [9.17, 15) is 9.59 Å². The van der Waals surface area contributed by atoms with Crippen LogP contribution in [-0.2, 0) is 16.1 Å². The summed E-state index contributed by atoms with van der Waals surface area (Å²) in [7, 11) is 0. The minimum Gasteiger partial charge on any atom is -0.389 e. The molecule has 6 nitrogen and oxygen atoms in total. The number of oxime groups is 1. The van der Waals surface area contributed by atoms with Crippen molar-refractivity contribution >= 4 is 32.4 Å². The van der Waals surface area contributed by atoms with Gasteiger partial charge in [-0.15, -0.1) is 0 Å². The van der Waals surface area contributed by atoms with E-state index in [4.69, 9.17) is 10.6 Å². The van der Waals surface area contributed by atoms with E-state index in [0.717, 1.165) is 5.56 Å². The van der Waals surface area contributed by atoms with E-state index in [1.165, 1.54) is 4.90 Å². The fourth-order valence-electron chi connectivity index (χ4n) is 2.86. The van der Waals surface area contributed by atoms with Gasteiger partial charge < -0.3 is 10.6 Å². The van der Waals surface area contributed by atoms with E-state index in [-0.39, 0.29) is 12.6 Å². The molecule has 1 heterocycles. The molecule has 2 N–H and O–H groups in total. The maximum absolute atomic E-state index is 13.0. The highest BCUT2D eigenvalue weighted by Gasteiger charge is 2.32. The summed E-state index contributed by atoms with van der Waals surface area (Å²) in [5, 5.41) is 3.83. The summed E-state index contributed by atoms with van der Waals surface area (Å²) in [5.74, 6) is -0.824. The zero-order valence-electron chi connectivity index (χ0n) is 14.6. The molecule has 2 aromatic rings. The van der Waals surface area contributed by atoms with E-state index in [2.05, 4.69) is 21.1 Å².